The molecule has 0 aliphatic heterocycles. The van der Waals surface area contributed by atoms with E-state index in [9.17, 15) is 9.90 Å². The number of aromatic nitrogens is 1. The van der Waals surface area contributed by atoms with E-state index in [4.69, 9.17) is 34.8 Å². The monoisotopic (exact) mass is 351 g/mol. The first-order chi connectivity index (χ1) is 10.5. The van der Waals surface area contributed by atoms with Crippen molar-refractivity contribution < 1.29 is 9.90 Å². The molecule has 6 heteroatoms. The Morgan fingerprint density at radius 2 is 1.73 bits per heavy atom. The van der Waals surface area contributed by atoms with Crippen molar-refractivity contribution in [2.24, 2.45) is 0 Å². The molecule has 0 amide bonds. The minimum absolute atomic E-state index is 0.133. The molecule has 1 heterocycles. The first-order valence-electron chi connectivity index (χ1n) is 6.25. The van der Waals surface area contributed by atoms with E-state index in [-0.39, 0.29) is 5.56 Å². The second-order valence-electron chi connectivity index (χ2n) is 4.65. The quantitative estimate of drug-likeness (QED) is 0.657. The lowest BCUT2D eigenvalue weighted by Crippen LogP contribution is -2.00. The summed E-state index contributed by atoms with van der Waals surface area (Å²) >= 11 is 17.9. The number of hydrogen-bond acceptors (Lipinski definition) is 2. The van der Waals surface area contributed by atoms with Crippen LogP contribution >= 0.6 is 34.8 Å². The van der Waals surface area contributed by atoms with Crippen LogP contribution in [0.1, 0.15) is 10.4 Å². The summed E-state index contributed by atoms with van der Waals surface area (Å²) in [5.74, 6) is -1.05. The van der Waals surface area contributed by atoms with Crippen molar-refractivity contribution in [2.75, 3.05) is 0 Å². The van der Waals surface area contributed by atoms with Gasteiger partial charge in [-0.2, -0.15) is 0 Å². The molecule has 3 aromatic rings. The largest absolute Gasteiger partial charge is 0.478 e. The van der Waals surface area contributed by atoms with Crippen LogP contribution in [0.2, 0.25) is 15.1 Å². The van der Waals surface area contributed by atoms with Crippen LogP contribution in [0.15, 0.2) is 42.5 Å². The highest BCUT2D eigenvalue weighted by Gasteiger charge is 2.14. The molecule has 1 aromatic heterocycles. The normalized spacial score (nSPS) is 10.9. The van der Waals surface area contributed by atoms with Gasteiger partial charge in [0, 0.05) is 16.0 Å². The molecule has 0 saturated carbocycles. The minimum Gasteiger partial charge on any atom is -0.478 e. The van der Waals surface area contributed by atoms with Gasteiger partial charge in [0.2, 0.25) is 0 Å². The van der Waals surface area contributed by atoms with Gasteiger partial charge in [-0.3, -0.25) is 0 Å². The number of carboxylic acids is 1. The van der Waals surface area contributed by atoms with Gasteiger partial charge in [-0.15, -0.1) is 0 Å². The smallest absolute Gasteiger partial charge is 0.336 e. The fourth-order valence-corrected chi connectivity index (χ4v) is 2.65. The van der Waals surface area contributed by atoms with E-state index >= 15 is 0 Å². The predicted octanol–water partition coefficient (Wildman–Crippen LogP) is 5.56. The van der Waals surface area contributed by atoms with E-state index in [2.05, 4.69) is 4.98 Å². The van der Waals surface area contributed by atoms with Crippen LogP contribution in [0.3, 0.4) is 0 Å². The van der Waals surface area contributed by atoms with Crippen LogP contribution in [0.4, 0.5) is 0 Å². The van der Waals surface area contributed by atoms with Gasteiger partial charge >= 0.3 is 5.97 Å². The van der Waals surface area contributed by atoms with Gasteiger partial charge in [0.05, 0.1) is 26.8 Å². The second-order valence-corrected chi connectivity index (χ2v) is 5.90. The predicted molar refractivity (Wildman–Crippen MR) is 89.2 cm³/mol. The summed E-state index contributed by atoms with van der Waals surface area (Å²) in [6.45, 7) is 0. The fourth-order valence-electron chi connectivity index (χ4n) is 2.18. The number of carboxylic acid groups (broad SMARTS) is 1. The van der Waals surface area contributed by atoms with Crippen molar-refractivity contribution in [3.63, 3.8) is 0 Å². The Morgan fingerprint density at radius 1 is 0.955 bits per heavy atom. The number of hydrogen-bond donors (Lipinski definition) is 1. The van der Waals surface area contributed by atoms with Crippen LogP contribution in [-0.2, 0) is 0 Å². The van der Waals surface area contributed by atoms with Gasteiger partial charge in [0.1, 0.15) is 0 Å². The third-order valence-corrected chi connectivity index (χ3v) is 4.19. The van der Waals surface area contributed by atoms with Crippen molar-refractivity contribution in [3.05, 3.63) is 63.1 Å². The maximum atomic E-state index is 11.5. The Balaban J connectivity index is 2.29. The summed E-state index contributed by atoms with van der Waals surface area (Å²) in [5.41, 5.74) is 1.87. The highest BCUT2D eigenvalue weighted by Crippen LogP contribution is 2.30. The summed E-state index contributed by atoms with van der Waals surface area (Å²) in [7, 11) is 0. The molecule has 3 nitrogen and oxygen atoms in total. The average Bonchev–Trinajstić information content (AvgIpc) is 2.48. The van der Waals surface area contributed by atoms with Crippen molar-refractivity contribution in [1.82, 2.24) is 4.98 Å². The molecule has 0 bridgehead atoms. The Kier molecular flexibility index (Phi) is 3.96. The number of halogens is 3. The zero-order chi connectivity index (χ0) is 15.9. The van der Waals surface area contributed by atoms with Crippen LogP contribution < -0.4 is 0 Å². The van der Waals surface area contributed by atoms with Gasteiger partial charge in [-0.05, 0) is 36.4 Å². The van der Waals surface area contributed by atoms with E-state index < -0.39 is 5.97 Å². The lowest BCUT2D eigenvalue weighted by Gasteiger charge is -2.08. The molecular weight excluding hydrogens is 345 g/mol. The molecule has 0 aliphatic rings. The van der Waals surface area contributed by atoms with E-state index in [0.717, 1.165) is 0 Å². The number of fused-ring (bicyclic) bond motifs is 1. The Bertz CT molecular complexity index is 909. The molecular formula is C16H8Cl3NO2. The molecule has 2 aromatic carbocycles. The lowest BCUT2D eigenvalue weighted by atomic mass is 10.0. The molecule has 110 valence electrons. The average molecular weight is 353 g/mol. The zero-order valence-corrected chi connectivity index (χ0v) is 13.2. The Hall–Kier alpha value is -1.81. The Morgan fingerprint density at radius 3 is 2.41 bits per heavy atom. The fraction of sp³-hybridized carbons (Fsp3) is 0. The number of carbonyl (C=O) groups is 1. The third-order valence-electron chi connectivity index (χ3n) is 3.22. The standard InChI is InChI=1S/C16H8Cl3NO2/c17-9-2-4-14-10(6-9)11(16(21)22)7-15(20-14)8-1-3-12(18)13(19)5-8/h1-7H,(H,21,22). The first-order valence-corrected chi connectivity index (χ1v) is 7.38. The van der Waals surface area contributed by atoms with Crippen LogP contribution in [-0.4, -0.2) is 16.1 Å². The first kappa shape index (κ1) is 15.1. The van der Waals surface area contributed by atoms with E-state index in [0.29, 0.717) is 37.2 Å². The number of nitrogens with zero attached hydrogens (tertiary/aromatic N) is 1. The van der Waals surface area contributed by atoms with Gasteiger partial charge in [0.25, 0.3) is 0 Å². The SMILES string of the molecule is O=C(O)c1cc(-c2ccc(Cl)c(Cl)c2)nc2ccc(Cl)cc12. The molecule has 0 saturated heterocycles. The molecule has 1 N–H and O–H groups in total. The van der Waals surface area contributed by atoms with Crippen LogP contribution in [0, 0.1) is 0 Å². The zero-order valence-electron chi connectivity index (χ0n) is 11.0. The van der Waals surface area contributed by atoms with E-state index in [1.807, 2.05) is 0 Å². The van der Waals surface area contributed by atoms with Gasteiger partial charge < -0.3 is 5.11 Å². The van der Waals surface area contributed by atoms with Gasteiger partial charge in [-0.25, -0.2) is 9.78 Å². The molecule has 0 atom stereocenters. The van der Waals surface area contributed by atoms with E-state index in [1.165, 1.54) is 6.07 Å². The highest BCUT2D eigenvalue weighted by atomic mass is 35.5. The summed E-state index contributed by atoms with van der Waals surface area (Å²) in [6, 6.07) is 11.5. The summed E-state index contributed by atoms with van der Waals surface area (Å²) in [6.07, 6.45) is 0. The third kappa shape index (κ3) is 2.75. The number of benzene rings is 2. The molecule has 3 rings (SSSR count). The van der Waals surface area contributed by atoms with Gasteiger partial charge in [-0.1, -0.05) is 40.9 Å². The summed E-state index contributed by atoms with van der Waals surface area (Å²) < 4.78 is 0. The van der Waals surface area contributed by atoms with Gasteiger partial charge in [0.15, 0.2) is 0 Å². The maximum absolute atomic E-state index is 11.5. The van der Waals surface area contributed by atoms with Crippen LogP contribution in [0.25, 0.3) is 22.2 Å². The highest BCUT2D eigenvalue weighted by molar-refractivity contribution is 6.42. The molecule has 0 fully saturated rings. The summed E-state index contributed by atoms with van der Waals surface area (Å²) in [5, 5.41) is 11.2. The molecule has 0 spiro atoms. The van der Waals surface area contributed by atoms with E-state index in [1.54, 1.807) is 36.4 Å². The summed E-state index contributed by atoms with van der Waals surface area (Å²) in [4.78, 5) is 16.0. The number of aromatic carboxylic acids is 1. The lowest BCUT2D eigenvalue weighted by molar-refractivity contribution is 0.0699. The molecule has 0 radical (unpaired) electrons. The minimum atomic E-state index is -1.05. The van der Waals surface area contributed by atoms with Crippen molar-refractivity contribution in [3.8, 4) is 11.3 Å². The topological polar surface area (TPSA) is 50.2 Å². The molecule has 22 heavy (non-hydrogen) atoms. The Labute approximate surface area is 141 Å². The van der Waals surface area contributed by atoms with Crippen molar-refractivity contribution >= 4 is 51.7 Å². The van der Waals surface area contributed by atoms with Crippen molar-refractivity contribution in [1.29, 1.82) is 0 Å². The molecule has 0 unspecified atom stereocenters. The second kappa shape index (κ2) is 5.76. The molecule has 0 aliphatic carbocycles. The van der Waals surface area contributed by atoms with Crippen LogP contribution in [0.5, 0.6) is 0 Å². The van der Waals surface area contributed by atoms with Crippen molar-refractivity contribution in [2.45, 2.75) is 0 Å². The maximum Gasteiger partial charge on any atom is 0.336 e. The number of rotatable bonds is 2. The number of pyridine rings is 1.